The summed E-state index contributed by atoms with van der Waals surface area (Å²) in [6, 6.07) is 61.7. The maximum atomic E-state index is 7.24. The normalized spacial score (nSPS) is 11.9. The van der Waals surface area contributed by atoms with Gasteiger partial charge < -0.3 is 9.47 Å². The summed E-state index contributed by atoms with van der Waals surface area (Å²) < 4.78 is 14.5. The van der Waals surface area contributed by atoms with E-state index in [1.54, 1.807) is 24.8 Å². The smallest absolute Gasteiger partial charge is 0.223 e. The monoisotopic (exact) mass is 1080 g/mol. The quantitative estimate of drug-likeness (QED) is 0.0376. The maximum Gasteiger partial charge on any atom is 0.223 e. The van der Waals surface area contributed by atoms with Gasteiger partial charge in [0.05, 0.1) is 58.8 Å². The molecule has 4 aromatic carbocycles. The van der Waals surface area contributed by atoms with Crippen molar-refractivity contribution in [3.8, 4) is 103 Å². The van der Waals surface area contributed by atoms with Crippen LogP contribution in [0.2, 0.25) is 0 Å². The summed E-state index contributed by atoms with van der Waals surface area (Å²) in [6.45, 7) is 5.66. The molecule has 0 aliphatic heterocycles. The Morgan fingerprint density at radius 3 is 0.976 bits per heavy atom. The molecular weight excluding hydrogens is 1020 g/mol. The van der Waals surface area contributed by atoms with Crippen molar-refractivity contribution in [2.75, 3.05) is 13.2 Å². The zero-order valence-electron chi connectivity index (χ0n) is 47.5. The van der Waals surface area contributed by atoms with Gasteiger partial charge in [0.1, 0.15) is 0 Å². The first-order valence-corrected chi connectivity index (χ1v) is 29.6. The van der Waals surface area contributed by atoms with Gasteiger partial charge in [0.25, 0.3) is 0 Å². The third-order valence-electron chi connectivity index (χ3n) is 15.1. The van der Waals surface area contributed by atoms with Crippen molar-refractivity contribution in [3.05, 3.63) is 240 Å². The van der Waals surface area contributed by atoms with Crippen LogP contribution in [0.15, 0.2) is 207 Å². The third-order valence-corrected chi connectivity index (χ3v) is 15.1. The van der Waals surface area contributed by atoms with Gasteiger partial charge in [0.15, 0.2) is 0 Å². The molecule has 0 saturated heterocycles. The molecule has 6 heterocycles. The van der Waals surface area contributed by atoms with E-state index in [-0.39, 0.29) is 0 Å². The second-order valence-corrected chi connectivity index (χ2v) is 21.1. The Bertz CT molecular complexity index is 3510. The van der Waals surface area contributed by atoms with Crippen molar-refractivity contribution in [3.63, 3.8) is 0 Å². The second-order valence-electron chi connectivity index (χ2n) is 21.1. The number of unbranched alkanes of at least 4 members (excludes halogenated alkanes) is 10. The first-order valence-electron chi connectivity index (χ1n) is 29.6. The fourth-order valence-electron chi connectivity index (χ4n) is 10.7. The number of hydrogen-bond acceptors (Lipinski definition) is 8. The number of benzene rings is 4. The maximum absolute atomic E-state index is 7.24. The van der Waals surface area contributed by atoms with E-state index in [0.717, 1.165) is 138 Å². The Hall–Kier alpha value is -9.18. The molecular formula is C75H68N6O2. The lowest BCUT2D eigenvalue weighted by atomic mass is 9.99. The predicted molar refractivity (Wildman–Crippen MR) is 336 cm³/mol. The van der Waals surface area contributed by atoms with Gasteiger partial charge in [-0.05, 0) is 168 Å². The van der Waals surface area contributed by atoms with Crippen LogP contribution >= 0.6 is 0 Å². The minimum atomic E-state index is -1.13. The van der Waals surface area contributed by atoms with E-state index in [4.69, 9.17) is 19.4 Å². The average molecular weight is 1090 g/mol. The molecule has 0 bridgehead atoms. The minimum absolute atomic E-state index is 0.570. The van der Waals surface area contributed by atoms with Gasteiger partial charge in [-0.25, -0.2) is 9.97 Å². The predicted octanol–water partition coefficient (Wildman–Crippen LogP) is 17.8. The molecule has 0 spiro atoms. The third kappa shape index (κ3) is 13.8. The molecule has 8 nitrogen and oxygen atoms in total. The van der Waals surface area contributed by atoms with E-state index >= 15 is 0 Å². The number of nitrogens with zero attached hydrogens (tertiary/aromatic N) is 6. The van der Waals surface area contributed by atoms with Crippen LogP contribution < -0.4 is 0 Å². The van der Waals surface area contributed by atoms with Crippen molar-refractivity contribution >= 4 is 0 Å². The molecule has 10 aromatic rings. The van der Waals surface area contributed by atoms with Crippen LogP contribution in [0.5, 0.6) is 0 Å². The van der Waals surface area contributed by atoms with Gasteiger partial charge in [0, 0.05) is 58.2 Å². The number of ether oxygens (including phenoxy) is 2. The van der Waals surface area contributed by atoms with Crippen LogP contribution in [0.1, 0.15) is 124 Å². The second kappa shape index (κ2) is 27.5. The summed E-state index contributed by atoms with van der Waals surface area (Å²) in [5.74, 6) is 12.9. The Kier molecular flexibility index (Phi) is 18.5. The molecule has 83 heavy (non-hydrogen) atoms. The van der Waals surface area contributed by atoms with Crippen molar-refractivity contribution < 1.29 is 9.47 Å². The molecule has 8 heteroatoms. The Balaban J connectivity index is 0.896. The molecule has 0 N–H and O–H groups in total. The standard InChI is InChI=1S/C75H68N6O2/c1-3-5-7-9-11-21-47-82-75(83-48-22-12-10-8-6-4-2)65-49-57(29-27-55-31-37-59(38-32-55)61-51-71(67-23-13-17-43-76-67)80-72(52-61)68-24-14-18-44-77-68)35-41-63(65)64-42-36-58(50-66(64)75)30-28-56-33-39-60(40-34-56)62-53-73(69-25-15-19-45-78-69)81-74(54-62)70-26-16-20-46-79-70/h13-20,23-26,31-46,49-54H,3-12,21-22,47-48H2,1-2H3. The molecule has 0 fully saturated rings. The van der Waals surface area contributed by atoms with Crippen LogP contribution in [-0.2, 0) is 15.3 Å². The van der Waals surface area contributed by atoms with Crippen LogP contribution in [0.25, 0.3) is 78.9 Å². The highest BCUT2D eigenvalue weighted by atomic mass is 16.7. The molecule has 6 aromatic heterocycles. The summed E-state index contributed by atoms with van der Waals surface area (Å²) in [6.07, 6.45) is 21.1. The first-order chi connectivity index (χ1) is 41.0. The summed E-state index contributed by atoms with van der Waals surface area (Å²) in [4.78, 5) is 28.4. The van der Waals surface area contributed by atoms with Gasteiger partial charge in [-0.2, -0.15) is 0 Å². The highest BCUT2D eigenvalue weighted by Gasteiger charge is 2.46. The van der Waals surface area contributed by atoms with Crippen LogP contribution in [0, 0.1) is 23.7 Å². The molecule has 0 radical (unpaired) electrons. The van der Waals surface area contributed by atoms with Crippen molar-refractivity contribution in [2.45, 2.75) is 96.7 Å². The highest BCUT2D eigenvalue weighted by molar-refractivity contribution is 5.82. The molecule has 0 saturated carbocycles. The van der Waals surface area contributed by atoms with E-state index in [9.17, 15) is 0 Å². The van der Waals surface area contributed by atoms with Crippen molar-refractivity contribution in [1.82, 2.24) is 29.9 Å². The van der Waals surface area contributed by atoms with E-state index in [2.05, 4.69) is 167 Å². The summed E-state index contributed by atoms with van der Waals surface area (Å²) in [7, 11) is 0. The summed E-state index contributed by atoms with van der Waals surface area (Å²) in [5, 5.41) is 0. The Labute approximate surface area is 489 Å². The fourth-order valence-corrected chi connectivity index (χ4v) is 10.7. The molecule has 0 amide bonds. The van der Waals surface area contributed by atoms with Gasteiger partial charge in [-0.3, -0.25) is 19.9 Å². The molecule has 0 unspecified atom stereocenters. The van der Waals surface area contributed by atoms with E-state index in [1.807, 2.05) is 72.8 Å². The number of hydrogen-bond donors (Lipinski definition) is 0. The minimum Gasteiger partial charge on any atom is -0.342 e. The van der Waals surface area contributed by atoms with Gasteiger partial charge in [-0.15, -0.1) is 0 Å². The largest absolute Gasteiger partial charge is 0.342 e. The van der Waals surface area contributed by atoms with Gasteiger partial charge >= 0.3 is 0 Å². The number of aromatic nitrogens is 6. The number of fused-ring (bicyclic) bond motifs is 3. The number of rotatable bonds is 22. The highest BCUT2D eigenvalue weighted by Crippen LogP contribution is 2.51. The molecule has 1 aliphatic rings. The lowest BCUT2D eigenvalue weighted by Gasteiger charge is -2.32. The SMILES string of the molecule is CCCCCCCCOC1(OCCCCCCCC)c2cc(C#Cc3ccc(-c4cc(-c5ccccn5)nc(-c5ccccn5)c4)cc3)ccc2-c2ccc(C#Cc3ccc(-c4cc(-c5ccccn5)nc(-c5ccccn5)c4)cc3)cc21. The average Bonchev–Trinajstić information content (AvgIpc) is 2.05. The van der Waals surface area contributed by atoms with Gasteiger partial charge in [-0.1, -0.05) is 162 Å². The Morgan fingerprint density at radius 1 is 0.313 bits per heavy atom. The van der Waals surface area contributed by atoms with E-state index in [0.29, 0.717) is 13.2 Å². The Morgan fingerprint density at radius 2 is 0.639 bits per heavy atom. The van der Waals surface area contributed by atoms with Crippen LogP contribution in [0.3, 0.4) is 0 Å². The van der Waals surface area contributed by atoms with Crippen LogP contribution in [0.4, 0.5) is 0 Å². The molecule has 0 atom stereocenters. The van der Waals surface area contributed by atoms with Gasteiger partial charge in [0.2, 0.25) is 5.79 Å². The summed E-state index contributed by atoms with van der Waals surface area (Å²) >= 11 is 0. The molecule has 1 aliphatic carbocycles. The zero-order chi connectivity index (χ0) is 56.5. The first kappa shape index (κ1) is 55.7. The molecule has 11 rings (SSSR count). The van der Waals surface area contributed by atoms with E-state index in [1.165, 1.54) is 51.4 Å². The zero-order valence-corrected chi connectivity index (χ0v) is 47.5. The lowest BCUT2D eigenvalue weighted by Crippen LogP contribution is -2.33. The van der Waals surface area contributed by atoms with Crippen LogP contribution in [-0.4, -0.2) is 43.1 Å². The van der Waals surface area contributed by atoms with Crippen molar-refractivity contribution in [1.29, 1.82) is 0 Å². The molecule has 410 valence electrons. The lowest BCUT2D eigenvalue weighted by molar-refractivity contribution is -0.216. The van der Waals surface area contributed by atoms with Crippen molar-refractivity contribution in [2.24, 2.45) is 0 Å². The number of pyridine rings is 6. The summed E-state index contributed by atoms with van der Waals surface area (Å²) in [5.41, 5.74) is 18.3. The van der Waals surface area contributed by atoms with E-state index < -0.39 is 5.79 Å². The topological polar surface area (TPSA) is 95.8 Å². The fraction of sp³-hybridized carbons (Fsp3) is 0.227.